The summed E-state index contributed by atoms with van der Waals surface area (Å²) in [5, 5.41) is 0. The maximum absolute atomic E-state index is 5.92. The minimum absolute atomic E-state index is 0.608. The van der Waals surface area contributed by atoms with Crippen LogP contribution in [0.5, 0.6) is 0 Å². The predicted octanol–water partition coefficient (Wildman–Crippen LogP) is 3.51. The molecule has 0 atom stereocenters. The number of aryl methyl sites for hydroxylation is 1. The lowest BCUT2D eigenvalue weighted by Crippen LogP contribution is -2.37. The summed E-state index contributed by atoms with van der Waals surface area (Å²) in [6, 6.07) is 6.67. The molecule has 1 aliphatic rings. The minimum atomic E-state index is 0.608. The lowest BCUT2D eigenvalue weighted by Gasteiger charge is -2.35. The van der Waals surface area contributed by atoms with Crippen LogP contribution >= 0.6 is 11.6 Å². The molecule has 0 radical (unpaired) electrons. The van der Waals surface area contributed by atoms with Crippen molar-refractivity contribution in [2.45, 2.75) is 25.6 Å². The van der Waals surface area contributed by atoms with E-state index in [9.17, 15) is 0 Å². The Morgan fingerprint density at radius 2 is 1.95 bits per heavy atom. The SMILES string of the molecule is Cc1cc(N2CCC(CN(C)C)CC2)ccc1CCl. The molecule has 0 aromatic heterocycles. The van der Waals surface area contributed by atoms with E-state index in [4.69, 9.17) is 11.6 Å². The molecule has 0 saturated carbocycles. The van der Waals surface area contributed by atoms with Gasteiger partial charge >= 0.3 is 0 Å². The molecule has 0 spiro atoms. The van der Waals surface area contributed by atoms with Gasteiger partial charge in [-0.1, -0.05) is 6.07 Å². The third-order valence-electron chi connectivity index (χ3n) is 4.07. The van der Waals surface area contributed by atoms with Crippen molar-refractivity contribution < 1.29 is 0 Å². The van der Waals surface area contributed by atoms with Crippen LogP contribution in [0.1, 0.15) is 24.0 Å². The molecule has 1 saturated heterocycles. The first-order valence-corrected chi connectivity index (χ1v) is 7.68. The van der Waals surface area contributed by atoms with Crippen LogP contribution in [-0.4, -0.2) is 38.6 Å². The number of rotatable bonds is 4. The fourth-order valence-corrected chi connectivity index (χ4v) is 3.22. The molecule has 2 rings (SSSR count). The van der Waals surface area contributed by atoms with Gasteiger partial charge in [-0.05, 0) is 63.0 Å². The van der Waals surface area contributed by atoms with Gasteiger partial charge in [-0.15, -0.1) is 11.6 Å². The maximum Gasteiger partial charge on any atom is 0.0476 e. The van der Waals surface area contributed by atoms with Crippen LogP contribution in [0.25, 0.3) is 0 Å². The van der Waals surface area contributed by atoms with E-state index in [1.807, 2.05) is 0 Å². The summed E-state index contributed by atoms with van der Waals surface area (Å²) in [6.07, 6.45) is 2.60. The number of hydrogen-bond donors (Lipinski definition) is 0. The van der Waals surface area contributed by atoms with E-state index in [0.717, 1.165) is 5.92 Å². The highest BCUT2D eigenvalue weighted by molar-refractivity contribution is 6.17. The second-order valence-corrected chi connectivity index (χ2v) is 6.20. The van der Waals surface area contributed by atoms with Crippen molar-refractivity contribution in [3.05, 3.63) is 29.3 Å². The number of alkyl halides is 1. The molecule has 1 fully saturated rings. The Morgan fingerprint density at radius 3 is 2.47 bits per heavy atom. The Hall–Kier alpha value is -0.730. The highest BCUT2D eigenvalue weighted by Gasteiger charge is 2.20. The predicted molar refractivity (Wildman–Crippen MR) is 84.2 cm³/mol. The lowest BCUT2D eigenvalue weighted by molar-refractivity contribution is 0.285. The van der Waals surface area contributed by atoms with Gasteiger partial charge in [0.2, 0.25) is 0 Å². The van der Waals surface area contributed by atoms with Gasteiger partial charge in [-0.2, -0.15) is 0 Å². The van der Waals surface area contributed by atoms with Crippen LogP contribution in [-0.2, 0) is 5.88 Å². The van der Waals surface area contributed by atoms with Crippen LogP contribution in [0, 0.1) is 12.8 Å². The molecular formula is C16H25ClN2. The van der Waals surface area contributed by atoms with Crippen molar-refractivity contribution >= 4 is 17.3 Å². The van der Waals surface area contributed by atoms with Crippen molar-refractivity contribution in [1.29, 1.82) is 0 Å². The van der Waals surface area contributed by atoms with E-state index in [2.05, 4.69) is 49.0 Å². The Kier molecular flexibility index (Phi) is 5.12. The first kappa shape index (κ1) is 14.7. The van der Waals surface area contributed by atoms with Crippen LogP contribution < -0.4 is 4.90 Å². The molecule has 1 heterocycles. The van der Waals surface area contributed by atoms with Crippen molar-refractivity contribution in [3.63, 3.8) is 0 Å². The largest absolute Gasteiger partial charge is 0.372 e. The summed E-state index contributed by atoms with van der Waals surface area (Å²) < 4.78 is 0. The quantitative estimate of drug-likeness (QED) is 0.779. The van der Waals surface area contributed by atoms with Gasteiger partial charge in [0, 0.05) is 31.2 Å². The molecule has 106 valence electrons. The molecule has 0 aliphatic carbocycles. The molecule has 0 unspecified atom stereocenters. The number of nitrogens with zero attached hydrogens (tertiary/aromatic N) is 2. The van der Waals surface area contributed by atoms with Gasteiger partial charge in [0.15, 0.2) is 0 Å². The van der Waals surface area contributed by atoms with Gasteiger partial charge < -0.3 is 9.80 Å². The van der Waals surface area contributed by atoms with Crippen molar-refractivity contribution in [2.75, 3.05) is 38.6 Å². The first-order valence-electron chi connectivity index (χ1n) is 7.15. The second kappa shape index (κ2) is 6.62. The third kappa shape index (κ3) is 3.87. The number of anilines is 1. The van der Waals surface area contributed by atoms with Gasteiger partial charge in [0.05, 0.1) is 0 Å². The number of hydrogen-bond acceptors (Lipinski definition) is 2. The van der Waals surface area contributed by atoms with Crippen LogP contribution in [0.3, 0.4) is 0 Å². The maximum atomic E-state index is 5.92. The summed E-state index contributed by atoms with van der Waals surface area (Å²) in [6.45, 7) is 5.73. The van der Waals surface area contributed by atoms with E-state index in [-0.39, 0.29) is 0 Å². The molecule has 1 aromatic rings. The average Bonchev–Trinajstić information content (AvgIpc) is 2.39. The van der Waals surface area contributed by atoms with Gasteiger partial charge in [0.1, 0.15) is 0 Å². The smallest absolute Gasteiger partial charge is 0.0476 e. The second-order valence-electron chi connectivity index (χ2n) is 5.94. The molecule has 2 nitrogen and oxygen atoms in total. The molecule has 19 heavy (non-hydrogen) atoms. The van der Waals surface area contributed by atoms with Crippen molar-refractivity contribution in [3.8, 4) is 0 Å². The Labute approximate surface area is 122 Å². The zero-order valence-corrected chi connectivity index (χ0v) is 13.1. The van der Waals surface area contributed by atoms with E-state index < -0.39 is 0 Å². The van der Waals surface area contributed by atoms with Crippen molar-refractivity contribution in [2.24, 2.45) is 5.92 Å². The highest BCUT2D eigenvalue weighted by Crippen LogP contribution is 2.26. The summed E-state index contributed by atoms with van der Waals surface area (Å²) in [7, 11) is 4.33. The lowest BCUT2D eigenvalue weighted by atomic mass is 9.95. The topological polar surface area (TPSA) is 6.48 Å². The zero-order valence-electron chi connectivity index (χ0n) is 12.3. The van der Waals surface area contributed by atoms with Crippen LogP contribution in [0.15, 0.2) is 18.2 Å². The zero-order chi connectivity index (χ0) is 13.8. The molecule has 1 aliphatic heterocycles. The third-order valence-corrected chi connectivity index (χ3v) is 4.36. The summed E-state index contributed by atoms with van der Waals surface area (Å²) in [5.41, 5.74) is 3.91. The number of halogens is 1. The minimum Gasteiger partial charge on any atom is -0.372 e. The summed E-state index contributed by atoms with van der Waals surface area (Å²) >= 11 is 5.92. The van der Waals surface area contributed by atoms with E-state index in [1.165, 1.54) is 49.3 Å². The molecule has 0 bridgehead atoms. The van der Waals surface area contributed by atoms with Crippen LogP contribution in [0.4, 0.5) is 5.69 Å². The van der Waals surface area contributed by atoms with E-state index >= 15 is 0 Å². The molecular weight excluding hydrogens is 256 g/mol. The van der Waals surface area contributed by atoms with Gasteiger partial charge in [-0.25, -0.2) is 0 Å². The monoisotopic (exact) mass is 280 g/mol. The Morgan fingerprint density at radius 1 is 1.26 bits per heavy atom. The molecule has 0 N–H and O–H groups in total. The number of benzene rings is 1. The van der Waals surface area contributed by atoms with Crippen LogP contribution in [0.2, 0.25) is 0 Å². The summed E-state index contributed by atoms with van der Waals surface area (Å²) in [4.78, 5) is 4.82. The fraction of sp³-hybridized carbons (Fsp3) is 0.625. The molecule has 1 aromatic carbocycles. The van der Waals surface area contributed by atoms with E-state index in [0.29, 0.717) is 5.88 Å². The average molecular weight is 281 g/mol. The molecule has 0 amide bonds. The fourth-order valence-electron chi connectivity index (χ4n) is 2.92. The Balaban J connectivity index is 1.96. The van der Waals surface area contributed by atoms with E-state index in [1.54, 1.807) is 0 Å². The standard InChI is InChI=1S/C16H25ClN2/c1-13-10-16(5-4-15(13)11-17)19-8-6-14(7-9-19)12-18(2)3/h4-5,10,14H,6-9,11-12H2,1-3H3. The first-order chi connectivity index (χ1) is 9.10. The molecule has 3 heteroatoms. The van der Waals surface area contributed by atoms with Crippen molar-refractivity contribution in [1.82, 2.24) is 4.90 Å². The van der Waals surface area contributed by atoms with Gasteiger partial charge in [-0.3, -0.25) is 0 Å². The Bertz CT molecular complexity index is 409. The highest BCUT2D eigenvalue weighted by atomic mass is 35.5. The summed E-state index contributed by atoms with van der Waals surface area (Å²) in [5.74, 6) is 1.46. The number of piperidine rings is 1. The van der Waals surface area contributed by atoms with Gasteiger partial charge in [0.25, 0.3) is 0 Å². The normalized spacial score (nSPS) is 17.2.